The smallest absolute Gasteiger partial charge is 0.0289 e. The summed E-state index contributed by atoms with van der Waals surface area (Å²) in [4.78, 5) is 0. The zero-order valence-corrected chi connectivity index (χ0v) is 9.26. The minimum absolute atomic E-state index is 0.463. The molecule has 0 aromatic heterocycles. The summed E-state index contributed by atoms with van der Waals surface area (Å²) in [5.41, 5.74) is 1.35. The van der Waals surface area contributed by atoms with E-state index in [-0.39, 0.29) is 0 Å². The molecule has 0 amide bonds. The maximum atomic E-state index is 5.76. The van der Waals surface area contributed by atoms with Crippen molar-refractivity contribution in [2.45, 2.75) is 12.8 Å². The van der Waals surface area contributed by atoms with Crippen LogP contribution in [0.3, 0.4) is 0 Å². The van der Waals surface area contributed by atoms with Gasteiger partial charge in [-0.25, -0.2) is 0 Å². The van der Waals surface area contributed by atoms with Crippen LogP contribution in [0.1, 0.15) is 18.4 Å². The molecule has 0 aliphatic heterocycles. The van der Waals surface area contributed by atoms with Crippen molar-refractivity contribution in [2.75, 3.05) is 5.88 Å². The van der Waals surface area contributed by atoms with Gasteiger partial charge < -0.3 is 0 Å². The first-order valence-corrected chi connectivity index (χ1v) is 5.17. The van der Waals surface area contributed by atoms with Gasteiger partial charge in [-0.15, -0.1) is 11.6 Å². The van der Waals surface area contributed by atoms with E-state index in [0.717, 1.165) is 0 Å². The molecule has 0 bridgehead atoms. The predicted molar refractivity (Wildman–Crippen MR) is 58.3 cm³/mol. The summed E-state index contributed by atoms with van der Waals surface area (Å²) in [6.45, 7) is 2.14. The molecular formula is C9H10ClI. The van der Waals surface area contributed by atoms with E-state index < -0.39 is 0 Å². The van der Waals surface area contributed by atoms with Crippen LogP contribution in [0.2, 0.25) is 0 Å². The molecule has 0 heterocycles. The van der Waals surface area contributed by atoms with Gasteiger partial charge in [-0.05, 0) is 40.1 Å². The molecule has 11 heavy (non-hydrogen) atoms. The van der Waals surface area contributed by atoms with Crippen molar-refractivity contribution in [1.29, 1.82) is 0 Å². The second-order valence-electron chi connectivity index (χ2n) is 2.58. The summed E-state index contributed by atoms with van der Waals surface area (Å²) < 4.78 is 1.30. The summed E-state index contributed by atoms with van der Waals surface area (Å²) >= 11 is 8.10. The standard InChI is InChI=1S/C9H10ClI/c1-7(6-10)8-4-2-3-5-9(8)11/h2-5,7H,6H2,1H3. The quantitative estimate of drug-likeness (QED) is 0.573. The molecule has 60 valence electrons. The fourth-order valence-electron chi connectivity index (χ4n) is 0.958. The Hall–Kier alpha value is 0.240. The third-order valence-corrected chi connectivity index (χ3v) is 3.11. The van der Waals surface area contributed by atoms with Gasteiger partial charge in [-0.2, -0.15) is 0 Å². The first kappa shape index (κ1) is 9.33. The van der Waals surface area contributed by atoms with Crippen LogP contribution in [-0.4, -0.2) is 5.88 Å². The molecule has 0 aliphatic rings. The van der Waals surface area contributed by atoms with Crippen LogP contribution < -0.4 is 0 Å². The summed E-state index contributed by atoms with van der Waals surface area (Å²) in [5.74, 6) is 1.16. The Kier molecular flexibility index (Phi) is 3.66. The van der Waals surface area contributed by atoms with Crippen molar-refractivity contribution in [3.05, 3.63) is 33.4 Å². The highest BCUT2D eigenvalue weighted by atomic mass is 127. The highest BCUT2D eigenvalue weighted by molar-refractivity contribution is 14.1. The van der Waals surface area contributed by atoms with E-state index in [0.29, 0.717) is 11.8 Å². The lowest BCUT2D eigenvalue weighted by Gasteiger charge is -2.08. The Morgan fingerprint density at radius 2 is 2.09 bits per heavy atom. The van der Waals surface area contributed by atoms with Crippen LogP contribution in [0.4, 0.5) is 0 Å². The molecule has 1 aromatic rings. The van der Waals surface area contributed by atoms with E-state index in [2.05, 4.69) is 47.7 Å². The number of hydrogen-bond acceptors (Lipinski definition) is 0. The first-order valence-electron chi connectivity index (χ1n) is 3.56. The topological polar surface area (TPSA) is 0 Å². The summed E-state index contributed by atoms with van der Waals surface area (Å²) in [6, 6.07) is 8.35. The number of alkyl halides is 1. The number of benzene rings is 1. The molecule has 1 atom stereocenters. The van der Waals surface area contributed by atoms with E-state index in [1.54, 1.807) is 0 Å². The van der Waals surface area contributed by atoms with Crippen LogP contribution in [0.25, 0.3) is 0 Å². The highest BCUT2D eigenvalue weighted by Gasteiger charge is 2.05. The van der Waals surface area contributed by atoms with Crippen molar-refractivity contribution in [1.82, 2.24) is 0 Å². The van der Waals surface area contributed by atoms with Gasteiger partial charge in [-0.1, -0.05) is 25.1 Å². The van der Waals surface area contributed by atoms with E-state index in [1.807, 2.05) is 6.07 Å². The Balaban J connectivity index is 2.93. The average Bonchev–Trinajstić information content (AvgIpc) is 2.04. The van der Waals surface area contributed by atoms with Crippen molar-refractivity contribution < 1.29 is 0 Å². The third kappa shape index (κ3) is 2.34. The fraction of sp³-hybridized carbons (Fsp3) is 0.333. The molecule has 2 heteroatoms. The lowest BCUT2D eigenvalue weighted by Crippen LogP contribution is -1.96. The average molecular weight is 281 g/mol. The second kappa shape index (κ2) is 4.31. The Labute approximate surface area is 86.1 Å². The molecule has 0 spiro atoms. The Bertz CT molecular complexity index is 235. The lowest BCUT2D eigenvalue weighted by atomic mass is 10.0. The Morgan fingerprint density at radius 1 is 1.45 bits per heavy atom. The van der Waals surface area contributed by atoms with Crippen molar-refractivity contribution in [3.63, 3.8) is 0 Å². The monoisotopic (exact) mass is 280 g/mol. The normalized spacial score (nSPS) is 13.0. The highest BCUT2D eigenvalue weighted by Crippen LogP contribution is 2.21. The lowest BCUT2D eigenvalue weighted by molar-refractivity contribution is 0.869. The van der Waals surface area contributed by atoms with Gasteiger partial charge in [0.25, 0.3) is 0 Å². The van der Waals surface area contributed by atoms with Gasteiger partial charge >= 0.3 is 0 Å². The van der Waals surface area contributed by atoms with Gasteiger partial charge in [0.1, 0.15) is 0 Å². The van der Waals surface area contributed by atoms with Gasteiger partial charge in [0, 0.05) is 9.45 Å². The molecule has 0 radical (unpaired) electrons. The molecule has 0 fully saturated rings. The maximum absolute atomic E-state index is 5.76. The summed E-state index contributed by atoms with van der Waals surface area (Å²) in [6.07, 6.45) is 0. The van der Waals surface area contributed by atoms with Crippen LogP contribution >= 0.6 is 34.2 Å². The maximum Gasteiger partial charge on any atom is 0.0289 e. The van der Waals surface area contributed by atoms with Gasteiger partial charge in [0.2, 0.25) is 0 Å². The fourth-order valence-corrected chi connectivity index (χ4v) is 2.04. The van der Waals surface area contributed by atoms with Crippen LogP contribution in [0.5, 0.6) is 0 Å². The summed E-state index contributed by atoms with van der Waals surface area (Å²) in [7, 11) is 0. The Morgan fingerprint density at radius 3 is 2.64 bits per heavy atom. The molecule has 0 aliphatic carbocycles. The molecule has 0 N–H and O–H groups in total. The van der Waals surface area contributed by atoms with Crippen molar-refractivity contribution >= 4 is 34.2 Å². The van der Waals surface area contributed by atoms with Crippen LogP contribution in [0.15, 0.2) is 24.3 Å². The van der Waals surface area contributed by atoms with Crippen LogP contribution in [0, 0.1) is 3.57 Å². The van der Waals surface area contributed by atoms with E-state index in [4.69, 9.17) is 11.6 Å². The molecule has 0 saturated heterocycles. The molecular weight excluding hydrogens is 270 g/mol. The molecule has 0 saturated carbocycles. The molecule has 1 rings (SSSR count). The van der Waals surface area contributed by atoms with E-state index >= 15 is 0 Å². The van der Waals surface area contributed by atoms with Gasteiger partial charge in [0.15, 0.2) is 0 Å². The minimum Gasteiger partial charge on any atom is -0.126 e. The minimum atomic E-state index is 0.463. The van der Waals surface area contributed by atoms with Gasteiger partial charge in [-0.3, -0.25) is 0 Å². The molecule has 1 aromatic carbocycles. The first-order chi connectivity index (χ1) is 5.25. The number of rotatable bonds is 2. The van der Waals surface area contributed by atoms with Gasteiger partial charge in [0.05, 0.1) is 0 Å². The third-order valence-electron chi connectivity index (χ3n) is 1.67. The molecule has 0 nitrogen and oxygen atoms in total. The van der Waals surface area contributed by atoms with Crippen LogP contribution in [-0.2, 0) is 0 Å². The number of hydrogen-bond donors (Lipinski definition) is 0. The number of halogens is 2. The summed E-state index contributed by atoms with van der Waals surface area (Å²) in [5, 5.41) is 0. The zero-order valence-electron chi connectivity index (χ0n) is 6.35. The largest absolute Gasteiger partial charge is 0.126 e. The SMILES string of the molecule is CC(CCl)c1ccccc1I. The second-order valence-corrected chi connectivity index (χ2v) is 4.05. The van der Waals surface area contributed by atoms with Crippen molar-refractivity contribution in [3.8, 4) is 0 Å². The van der Waals surface area contributed by atoms with E-state index in [9.17, 15) is 0 Å². The predicted octanol–water partition coefficient (Wildman–Crippen LogP) is 3.63. The van der Waals surface area contributed by atoms with Crippen molar-refractivity contribution in [2.24, 2.45) is 0 Å². The van der Waals surface area contributed by atoms with E-state index in [1.165, 1.54) is 9.13 Å². The molecule has 1 unspecified atom stereocenters. The zero-order chi connectivity index (χ0) is 8.27.